The highest BCUT2D eigenvalue weighted by Gasteiger charge is 2.42. The van der Waals surface area contributed by atoms with Crippen LogP contribution in [0.4, 0.5) is 0 Å². The predicted molar refractivity (Wildman–Crippen MR) is 137 cm³/mol. The van der Waals surface area contributed by atoms with E-state index < -0.39 is 5.41 Å². The van der Waals surface area contributed by atoms with Crippen molar-refractivity contribution in [2.45, 2.75) is 56.4 Å². The first kappa shape index (κ1) is 24.1. The number of amides is 1. The van der Waals surface area contributed by atoms with E-state index in [1.165, 1.54) is 12.8 Å². The summed E-state index contributed by atoms with van der Waals surface area (Å²) in [5.41, 5.74) is 9.27. The lowest BCUT2D eigenvalue weighted by Gasteiger charge is -2.37. The van der Waals surface area contributed by atoms with Gasteiger partial charge in [0.05, 0.1) is 29.0 Å². The van der Waals surface area contributed by atoms with Crippen LogP contribution in [0.25, 0.3) is 0 Å². The second kappa shape index (κ2) is 10.2. The maximum absolute atomic E-state index is 13.2. The number of ether oxygens (including phenoxy) is 1. The van der Waals surface area contributed by atoms with E-state index in [1.807, 2.05) is 48.0 Å². The molecule has 0 bridgehead atoms. The second-order valence-electron chi connectivity index (χ2n) is 10.2. The van der Waals surface area contributed by atoms with E-state index in [4.69, 9.17) is 10.5 Å². The SMILES string of the molecule is Cn1cncc1C(N)Cc1ccc(C#N)c(Oc2cccc(C3(CCC4CC4)CCCNC3=O)c2)c1. The third-order valence-electron chi connectivity index (χ3n) is 7.65. The molecular formula is C29H33N5O2. The zero-order valence-corrected chi connectivity index (χ0v) is 20.7. The van der Waals surface area contributed by atoms with Gasteiger partial charge in [0.15, 0.2) is 0 Å². The highest BCUT2D eigenvalue weighted by molar-refractivity contribution is 5.89. The number of piperidine rings is 1. The van der Waals surface area contributed by atoms with E-state index in [0.717, 1.165) is 55.0 Å². The molecule has 186 valence electrons. The number of nitriles is 1. The molecule has 2 atom stereocenters. The van der Waals surface area contributed by atoms with Crippen molar-refractivity contribution in [1.82, 2.24) is 14.9 Å². The minimum Gasteiger partial charge on any atom is -0.456 e. The fourth-order valence-corrected chi connectivity index (χ4v) is 5.33. The van der Waals surface area contributed by atoms with Crippen molar-refractivity contribution in [3.8, 4) is 17.6 Å². The Labute approximate surface area is 212 Å². The molecule has 1 aliphatic heterocycles. The Balaban J connectivity index is 1.40. The molecule has 3 N–H and O–H groups in total. The number of nitrogens with one attached hydrogen (secondary N) is 1. The molecule has 1 amide bonds. The van der Waals surface area contributed by atoms with Crippen molar-refractivity contribution in [2.75, 3.05) is 6.54 Å². The van der Waals surface area contributed by atoms with Crippen LogP contribution in [-0.2, 0) is 23.7 Å². The predicted octanol–water partition coefficient (Wildman–Crippen LogP) is 4.66. The largest absolute Gasteiger partial charge is 0.456 e. The smallest absolute Gasteiger partial charge is 0.230 e. The van der Waals surface area contributed by atoms with E-state index in [-0.39, 0.29) is 11.9 Å². The van der Waals surface area contributed by atoms with Crippen LogP contribution in [-0.4, -0.2) is 22.0 Å². The summed E-state index contributed by atoms with van der Waals surface area (Å²) in [6.07, 6.45) is 10.4. The Morgan fingerprint density at radius 1 is 1.31 bits per heavy atom. The average Bonchev–Trinajstić information content (AvgIpc) is 3.62. The first-order chi connectivity index (χ1) is 17.5. The standard InChI is InChI=1S/C29H33N5O2/c1-34-19-32-18-26(34)25(31)14-21-8-9-22(17-30)27(15-21)36-24-5-2-4-23(16-24)29(12-10-20-6-7-20)11-3-13-33-28(29)35/h2,4-5,8-9,15-16,18-20,25H,3,6-7,10-14,31H2,1H3,(H,33,35). The Bertz CT molecular complexity index is 1290. The van der Waals surface area contributed by atoms with Gasteiger partial charge in [-0.2, -0.15) is 5.26 Å². The molecule has 3 aromatic rings. The number of aryl methyl sites for hydroxylation is 1. The monoisotopic (exact) mass is 483 g/mol. The van der Waals surface area contributed by atoms with Gasteiger partial charge in [-0.15, -0.1) is 0 Å². The molecule has 2 unspecified atom stereocenters. The molecule has 7 nitrogen and oxygen atoms in total. The van der Waals surface area contributed by atoms with Crippen molar-refractivity contribution in [2.24, 2.45) is 18.7 Å². The lowest BCUT2D eigenvalue weighted by atomic mass is 9.70. The van der Waals surface area contributed by atoms with Crippen molar-refractivity contribution >= 4 is 5.91 Å². The van der Waals surface area contributed by atoms with Gasteiger partial charge in [0.1, 0.15) is 17.6 Å². The molecular weight excluding hydrogens is 450 g/mol. The normalized spacial score (nSPS) is 20.4. The van der Waals surface area contributed by atoms with Gasteiger partial charge in [-0.1, -0.05) is 31.0 Å². The number of imidazole rings is 1. The first-order valence-corrected chi connectivity index (χ1v) is 12.8. The molecule has 2 heterocycles. The van der Waals surface area contributed by atoms with Gasteiger partial charge in [-0.25, -0.2) is 4.98 Å². The van der Waals surface area contributed by atoms with Crippen molar-refractivity contribution in [1.29, 1.82) is 5.26 Å². The third kappa shape index (κ3) is 5.00. The molecule has 5 rings (SSSR count). The summed E-state index contributed by atoms with van der Waals surface area (Å²) in [4.78, 5) is 17.3. The molecule has 1 aromatic heterocycles. The summed E-state index contributed by atoms with van der Waals surface area (Å²) in [5, 5.41) is 12.8. The number of nitrogens with zero attached hydrogens (tertiary/aromatic N) is 3. The van der Waals surface area contributed by atoms with Gasteiger partial charge < -0.3 is 20.4 Å². The molecule has 0 radical (unpaired) electrons. The zero-order chi connectivity index (χ0) is 25.1. The van der Waals surface area contributed by atoms with Crippen LogP contribution >= 0.6 is 0 Å². The van der Waals surface area contributed by atoms with Crippen LogP contribution in [0.15, 0.2) is 55.0 Å². The number of rotatable bonds is 9. The quantitative estimate of drug-likeness (QED) is 0.460. The number of hydrogen-bond donors (Lipinski definition) is 2. The first-order valence-electron chi connectivity index (χ1n) is 12.8. The molecule has 2 fully saturated rings. The lowest BCUT2D eigenvalue weighted by Crippen LogP contribution is -2.49. The highest BCUT2D eigenvalue weighted by atomic mass is 16.5. The maximum atomic E-state index is 13.2. The summed E-state index contributed by atoms with van der Waals surface area (Å²) in [7, 11) is 1.92. The number of nitrogens with two attached hydrogens (primary N) is 1. The van der Waals surface area contributed by atoms with Gasteiger partial charge in [0.2, 0.25) is 5.91 Å². The summed E-state index contributed by atoms with van der Waals surface area (Å²) in [6.45, 7) is 0.736. The van der Waals surface area contributed by atoms with E-state index >= 15 is 0 Å². The molecule has 2 aromatic carbocycles. The minimum atomic E-state index is -0.518. The third-order valence-corrected chi connectivity index (χ3v) is 7.65. The van der Waals surface area contributed by atoms with Crippen LogP contribution in [0.2, 0.25) is 0 Å². The van der Waals surface area contributed by atoms with Crippen LogP contribution in [0.3, 0.4) is 0 Å². The van der Waals surface area contributed by atoms with Crippen LogP contribution < -0.4 is 15.8 Å². The van der Waals surface area contributed by atoms with E-state index in [0.29, 0.717) is 23.5 Å². The van der Waals surface area contributed by atoms with Gasteiger partial charge in [-0.05, 0) is 73.4 Å². The molecule has 7 heteroatoms. The van der Waals surface area contributed by atoms with Crippen LogP contribution in [0, 0.1) is 17.2 Å². The van der Waals surface area contributed by atoms with E-state index in [1.54, 1.807) is 18.6 Å². The maximum Gasteiger partial charge on any atom is 0.230 e. The van der Waals surface area contributed by atoms with E-state index in [2.05, 4.69) is 16.4 Å². The summed E-state index contributed by atoms with van der Waals surface area (Å²) in [6, 6.07) is 15.4. The molecule has 1 aliphatic carbocycles. The van der Waals surface area contributed by atoms with Crippen LogP contribution in [0.5, 0.6) is 11.5 Å². The number of carbonyl (C=O) groups is 1. The van der Waals surface area contributed by atoms with E-state index in [9.17, 15) is 10.1 Å². The summed E-state index contributed by atoms with van der Waals surface area (Å²) in [5.74, 6) is 2.00. The minimum absolute atomic E-state index is 0.121. The van der Waals surface area contributed by atoms with Crippen molar-refractivity contribution in [3.05, 3.63) is 77.4 Å². The number of benzene rings is 2. The summed E-state index contributed by atoms with van der Waals surface area (Å²) < 4.78 is 8.19. The van der Waals surface area contributed by atoms with Crippen molar-refractivity contribution < 1.29 is 9.53 Å². The van der Waals surface area contributed by atoms with Gasteiger partial charge in [0, 0.05) is 19.8 Å². The van der Waals surface area contributed by atoms with Gasteiger partial charge >= 0.3 is 0 Å². The summed E-state index contributed by atoms with van der Waals surface area (Å²) >= 11 is 0. The van der Waals surface area contributed by atoms with Crippen molar-refractivity contribution in [3.63, 3.8) is 0 Å². The fourth-order valence-electron chi connectivity index (χ4n) is 5.33. The highest BCUT2D eigenvalue weighted by Crippen LogP contribution is 2.43. The number of carbonyl (C=O) groups excluding carboxylic acids is 1. The van der Waals surface area contributed by atoms with Gasteiger partial charge in [-0.3, -0.25) is 4.79 Å². The topological polar surface area (TPSA) is 106 Å². The Kier molecular flexibility index (Phi) is 6.80. The number of hydrogen-bond acceptors (Lipinski definition) is 5. The molecule has 0 spiro atoms. The van der Waals surface area contributed by atoms with Crippen LogP contribution in [0.1, 0.15) is 67.0 Å². The Morgan fingerprint density at radius 3 is 2.89 bits per heavy atom. The zero-order valence-electron chi connectivity index (χ0n) is 20.7. The molecule has 2 aliphatic rings. The Morgan fingerprint density at radius 2 is 2.17 bits per heavy atom. The Hall–Kier alpha value is -3.63. The molecule has 1 saturated carbocycles. The average molecular weight is 484 g/mol. The number of aromatic nitrogens is 2. The molecule has 36 heavy (non-hydrogen) atoms. The lowest BCUT2D eigenvalue weighted by molar-refractivity contribution is -0.129. The van der Waals surface area contributed by atoms with Gasteiger partial charge in [0.25, 0.3) is 0 Å². The molecule has 1 saturated heterocycles. The fraction of sp³-hybridized carbons (Fsp3) is 0.414. The second-order valence-corrected chi connectivity index (χ2v) is 10.2.